The molecule has 3 heterocycles. The molecule has 0 spiro atoms. The van der Waals surface area contributed by atoms with Crippen LogP contribution >= 0.6 is 0 Å². The number of benzene rings is 1. The molecule has 2 aromatic heterocycles. The zero-order chi connectivity index (χ0) is 21.6. The molecule has 3 aromatic rings. The summed E-state index contributed by atoms with van der Waals surface area (Å²) in [5.74, 6) is 1.20. The van der Waals surface area contributed by atoms with Crippen LogP contribution in [0.15, 0.2) is 61.1 Å². The summed E-state index contributed by atoms with van der Waals surface area (Å²) < 4.78 is 0. The van der Waals surface area contributed by atoms with E-state index in [9.17, 15) is 10.1 Å². The van der Waals surface area contributed by atoms with Gasteiger partial charge < -0.3 is 14.7 Å². The lowest BCUT2D eigenvalue weighted by Gasteiger charge is -2.34. The van der Waals surface area contributed by atoms with Crippen LogP contribution in [0.5, 0.6) is 0 Å². The van der Waals surface area contributed by atoms with Gasteiger partial charge in [0, 0.05) is 32.4 Å². The first-order chi connectivity index (χ1) is 15.2. The Morgan fingerprint density at radius 1 is 1.00 bits per heavy atom. The van der Waals surface area contributed by atoms with Gasteiger partial charge in [-0.05, 0) is 24.2 Å². The molecule has 31 heavy (non-hydrogen) atoms. The molecule has 0 atom stereocenters. The maximum atomic E-state index is 12.2. The summed E-state index contributed by atoms with van der Waals surface area (Å²) in [5, 5.41) is 12.2. The van der Waals surface area contributed by atoms with Crippen LogP contribution in [0, 0.1) is 10.1 Å². The fourth-order valence-corrected chi connectivity index (χ4v) is 3.77. The minimum absolute atomic E-state index is 0.0889. The van der Waals surface area contributed by atoms with E-state index < -0.39 is 0 Å². The molecule has 1 fully saturated rings. The Morgan fingerprint density at radius 3 is 2.39 bits per heavy atom. The lowest BCUT2D eigenvalue weighted by Crippen LogP contribution is -2.46. The van der Waals surface area contributed by atoms with Gasteiger partial charge in [-0.25, -0.2) is 15.0 Å². The van der Waals surface area contributed by atoms with Crippen molar-refractivity contribution in [1.29, 1.82) is 0 Å². The van der Waals surface area contributed by atoms with Gasteiger partial charge in [-0.2, -0.15) is 0 Å². The third kappa shape index (κ3) is 4.61. The van der Waals surface area contributed by atoms with E-state index in [0.29, 0.717) is 31.3 Å². The first-order valence-corrected chi connectivity index (χ1v) is 10.4. The largest absolute Gasteiger partial charge is 0.354 e. The van der Waals surface area contributed by atoms with Gasteiger partial charge in [-0.15, -0.1) is 0 Å². The van der Waals surface area contributed by atoms with Gasteiger partial charge in [0.2, 0.25) is 11.6 Å². The molecule has 1 aromatic carbocycles. The number of hydrogen-bond donors (Lipinski definition) is 0. The van der Waals surface area contributed by atoms with Crippen molar-refractivity contribution in [3.63, 3.8) is 0 Å². The van der Waals surface area contributed by atoms with Crippen LogP contribution in [-0.4, -0.2) is 57.5 Å². The summed E-state index contributed by atoms with van der Waals surface area (Å²) in [4.78, 5) is 31.1. The quantitative estimate of drug-likeness (QED) is 0.426. The molecule has 0 aliphatic carbocycles. The van der Waals surface area contributed by atoms with Crippen molar-refractivity contribution < 1.29 is 4.92 Å². The van der Waals surface area contributed by atoms with E-state index in [-0.39, 0.29) is 16.4 Å². The fourth-order valence-electron chi connectivity index (χ4n) is 3.77. The van der Waals surface area contributed by atoms with Crippen LogP contribution in [0.3, 0.4) is 0 Å². The van der Waals surface area contributed by atoms with Gasteiger partial charge >= 0.3 is 5.69 Å². The second-order valence-corrected chi connectivity index (χ2v) is 7.31. The fraction of sp³-hybridized carbons (Fsp3) is 0.318. The monoisotopic (exact) mass is 419 g/mol. The molecule has 9 heteroatoms. The third-order valence-corrected chi connectivity index (χ3v) is 5.45. The summed E-state index contributed by atoms with van der Waals surface area (Å²) in [7, 11) is 0. The predicted octanol–water partition coefficient (Wildman–Crippen LogP) is 3.26. The van der Waals surface area contributed by atoms with Crippen molar-refractivity contribution in [1.82, 2.24) is 19.9 Å². The number of rotatable bonds is 7. The maximum absolute atomic E-state index is 12.2. The molecular weight excluding hydrogens is 394 g/mol. The number of pyridine rings is 1. The Hall–Kier alpha value is -3.59. The van der Waals surface area contributed by atoms with Crippen LogP contribution in [0.2, 0.25) is 0 Å². The lowest BCUT2D eigenvalue weighted by molar-refractivity contribution is -0.383. The highest BCUT2D eigenvalue weighted by molar-refractivity contribution is 5.75. The Kier molecular flexibility index (Phi) is 6.32. The molecule has 0 saturated carbocycles. The highest BCUT2D eigenvalue weighted by Crippen LogP contribution is 2.38. The normalized spacial score (nSPS) is 14.4. The van der Waals surface area contributed by atoms with Gasteiger partial charge in [-0.3, -0.25) is 10.1 Å². The summed E-state index contributed by atoms with van der Waals surface area (Å²) in [6.45, 7) is 6.56. The number of aromatic nitrogens is 3. The highest BCUT2D eigenvalue weighted by Gasteiger charge is 2.32. The van der Waals surface area contributed by atoms with Crippen molar-refractivity contribution in [2.75, 3.05) is 42.5 Å². The van der Waals surface area contributed by atoms with Crippen LogP contribution in [0.25, 0.3) is 0 Å². The van der Waals surface area contributed by atoms with E-state index in [2.05, 4.69) is 26.8 Å². The molecule has 1 aliphatic heterocycles. The SMILES string of the molecule is CCN1CCN(c2ncnc(N(Cc3ccccc3)c3ccccn3)c2[N+](=O)[O-])CC1. The van der Waals surface area contributed by atoms with Crippen LogP contribution in [0.1, 0.15) is 12.5 Å². The first kappa shape index (κ1) is 20.7. The Labute approximate surface area is 181 Å². The minimum atomic E-state index is -0.377. The molecule has 1 saturated heterocycles. The Morgan fingerprint density at radius 2 is 1.74 bits per heavy atom. The van der Waals surface area contributed by atoms with E-state index in [1.54, 1.807) is 11.1 Å². The smallest absolute Gasteiger partial charge is 0.348 e. The first-order valence-electron chi connectivity index (χ1n) is 10.4. The standard InChI is InChI=1S/C22H25N7O2/c1-2-26-12-14-27(15-13-26)21-20(29(30)31)22(25-17-24-21)28(19-10-6-7-11-23-19)16-18-8-4-3-5-9-18/h3-11,17H,2,12-16H2,1H3. The number of hydrogen-bond acceptors (Lipinski definition) is 8. The molecule has 4 rings (SSSR count). The molecular formula is C22H25N7O2. The Bertz CT molecular complexity index is 1010. The number of nitro groups is 1. The van der Waals surface area contributed by atoms with E-state index in [4.69, 9.17) is 0 Å². The van der Waals surface area contributed by atoms with E-state index >= 15 is 0 Å². The zero-order valence-corrected chi connectivity index (χ0v) is 17.5. The van der Waals surface area contributed by atoms with Gasteiger partial charge in [0.05, 0.1) is 11.5 Å². The third-order valence-electron chi connectivity index (χ3n) is 5.45. The summed E-state index contributed by atoms with van der Waals surface area (Å²) >= 11 is 0. The van der Waals surface area contributed by atoms with E-state index in [1.807, 2.05) is 53.4 Å². The highest BCUT2D eigenvalue weighted by atomic mass is 16.6. The lowest BCUT2D eigenvalue weighted by atomic mass is 10.2. The summed E-state index contributed by atoms with van der Waals surface area (Å²) in [6, 6.07) is 15.3. The van der Waals surface area contributed by atoms with Crippen LogP contribution in [0.4, 0.5) is 23.1 Å². The molecule has 0 amide bonds. The minimum Gasteiger partial charge on any atom is -0.348 e. The van der Waals surface area contributed by atoms with Crippen molar-refractivity contribution in [3.05, 3.63) is 76.7 Å². The average molecular weight is 419 g/mol. The second kappa shape index (κ2) is 9.48. The maximum Gasteiger partial charge on any atom is 0.354 e. The Balaban J connectivity index is 1.77. The number of piperazine rings is 1. The van der Waals surface area contributed by atoms with Crippen molar-refractivity contribution in [2.24, 2.45) is 0 Å². The summed E-state index contributed by atoms with van der Waals surface area (Å²) in [6.07, 6.45) is 3.08. The van der Waals surface area contributed by atoms with E-state index in [1.165, 1.54) is 6.33 Å². The number of likely N-dealkylation sites (N-methyl/N-ethyl adjacent to an activating group) is 1. The molecule has 0 unspecified atom stereocenters. The molecule has 0 N–H and O–H groups in total. The van der Waals surface area contributed by atoms with Crippen molar-refractivity contribution >= 4 is 23.1 Å². The topological polar surface area (TPSA) is 91.5 Å². The molecule has 0 radical (unpaired) electrons. The zero-order valence-electron chi connectivity index (χ0n) is 17.5. The predicted molar refractivity (Wildman–Crippen MR) is 120 cm³/mol. The van der Waals surface area contributed by atoms with Crippen molar-refractivity contribution in [2.45, 2.75) is 13.5 Å². The second-order valence-electron chi connectivity index (χ2n) is 7.31. The van der Waals surface area contributed by atoms with E-state index in [0.717, 1.165) is 25.2 Å². The summed E-state index contributed by atoms with van der Waals surface area (Å²) in [5.41, 5.74) is 0.910. The van der Waals surface area contributed by atoms with Gasteiger partial charge in [0.25, 0.3) is 0 Å². The van der Waals surface area contributed by atoms with Gasteiger partial charge in [0.15, 0.2) is 0 Å². The van der Waals surface area contributed by atoms with Crippen molar-refractivity contribution in [3.8, 4) is 0 Å². The molecule has 9 nitrogen and oxygen atoms in total. The molecule has 160 valence electrons. The van der Waals surface area contributed by atoms with Crippen LogP contribution < -0.4 is 9.80 Å². The number of nitrogens with zero attached hydrogens (tertiary/aromatic N) is 7. The molecule has 1 aliphatic rings. The van der Waals surface area contributed by atoms with Crippen LogP contribution in [-0.2, 0) is 6.54 Å². The van der Waals surface area contributed by atoms with Gasteiger partial charge in [-0.1, -0.05) is 43.3 Å². The van der Waals surface area contributed by atoms with Gasteiger partial charge in [0.1, 0.15) is 12.1 Å². The number of anilines is 3. The molecule has 0 bridgehead atoms. The average Bonchev–Trinajstić information content (AvgIpc) is 2.83.